The molecular formula is C17H25N3S. The molecule has 2 aliphatic rings. The lowest BCUT2D eigenvalue weighted by atomic mass is 9.97. The Kier molecular flexibility index (Phi) is 4.97. The summed E-state index contributed by atoms with van der Waals surface area (Å²) in [5.74, 6) is 6.19. The smallest absolute Gasteiger partial charge is 0.0555 e. The van der Waals surface area contributed by atoms with E-state index in [1.807, 2.05) is 11.3 Å². The van der Waals surface area contributed by atoms with E-state index in [4.69, 9.17) is 5.73 Å². The molecule has 2 unspecified atom stereocenters. The predicted molar refractivity (Wildman–Crippen MR) is 89.3 cm³/mol. The summed E-state index contributed by atoms with van der Waals surface area (Å²) in [6.07, 6.45) is 4.15. The topological polar surface area (TPSA) is 32.5 Å². The minimum atomic E-state index is 0.437. The van der Waals surface area contributed by atoms with Crippen LogP contribution < -0.4 is 5.73 Å². The van der Waals surface area contributed by atoms with Crippen molar-refractivity contribution in [3.63, 3.8) is 0 Å². The molecule has 114 valence electrons. The van der Waals surface area contributed by atoms with Gasteiger partial charge in [0, 0.05) is 42.2 Å². The molecular weight excluding hydrogens is 278 g/mol. The molecule has 2 atom stereocenters. The average molecular weight is 303 g/mol. The van der Waals surface area contributed by atoms with E-state index in [-0.39, 0.29) is 0 Å². The summed E-state index contributed by atoms with van der Waals surface area (Å²) in [5, 5.41) is 2.15. The number of nitrogens with two attached hydrogens (primary N) is 1. The van der Waals surface area contributed by atoms with Gasteiger partial charge in [-0.1, -0.05) is 18.3 Å². The number of hydrogen-bond donors (Lipinski definition) is 1. The highest BCUT2D eigenvalue weighted by Crippen LogP contribution is 2.27. The highest BCUT2D eigenvalue weighted by molar-refractivity contribution is 7.10. The van der Waals surface area contributed by atoms with Gasteiger partial charge in [-0.05, 0) is 37.8 Å². The first kappa shape index (κ1) is 15.1. The van der Waals surface area contributed by atoms with Gasteiger partial charge in [0.05, 0.1) is 6.54 Å². The predicted octanol–water partition coefficient (Wildman–Crippen LogP) is 2.12. The van der Waals surface area contributed by atoms with Gasteiger partial charge in [-0.25, -0.2) is 0 Å². The molecule has 2 saturated heterocycles. The second-order valence-electron chi connectivity index (χ2n) is 6.19. The summed E-state index contributed by atoms with van der Waals surface area (Å²) in [6.45, 7) is 7.58. The maximum Gasteiger partial charge on any atom is 0.0555 e. The molecule has 0 aliphatic carbocycles. The summed E-state index contributed by atoms with van der Waals surface area (Å²) < 4.78 is 0. The van der Waals surface area contributed by atoms with Crippen molar-refractivity contribution in [3.8, 4) is 11.8 Å². The Labute approximate surface area is 132 Å². The second kappa shape index (κ2) is 6.93. The van der Waals surface area contributed by atoms with Gasteiger partial charge in [-0.2, -0.15) is 0 Å². The normalized spacial score (nSPS) is 27.0. The molecule has 21 heavy (non-hydrogen) atoms. The van der Waals surface area contributed by atoms with Crippen LogP contribution in [0, 0.1) is 11.8 Å². The fraction of sp³-hybridized carbons (Fsp3) is 0.647. The van der Waals surface area contributed by atoms with E-state index in [2.05, 4.69) is 40.0 Å². The van der Waals surface area contributed by atoms with Gasteiger partial charge < -0.3 is 5.73 Å². The van der Waals surface area contributed by atoms with Crippen LogP contribution in [0.15, 0.2) is 11.4 Å². The molecule has 0 spiro atoms. The maximum absolute atomic E-state index is 5.49. The zero-order chi connectivity index (χ0) is 14.7. The molecule has 0 amide bonds. The molecule has 2 fully saturated rings. The Morgan fingerprint density at radius 2 is 2.29 bits per heavy atom. The van der Waals surface area contributed by atoms with Crippen LogP contribution in [-0.4, -0.2) is 48.1 Å². The first-order valence-electron chi connectivity index (χ1n) is 8.01. The van der Waals surface area contributed by atoms with Gasteiger partial charge in [0.1, 0.15) is 0 Å². The van der Waals surface area contributed by atoms with Gasteiger partial charge in [0.25, 0.3) is 0 Å². The summed E-state index contributed by atoms with van der Waals surface area (Å²) in [6, 6.07) is 3.54. The van der Waals surface area contributed by atoms with Crippen molar-refractivity contribution in [2.24, 2.45) is 5.73 Å². The van der Waals surface area contributed by atoms with Crippen molar-refractivity contribution in [1.29, 1.82) is 0 Å². The number of hydrogen-bond acceptors (Lipinski definition) is 4. The number of rotatable bonds is 2. The fourth-order valence-electron chi connectivity index (χ4n) is 3.54. The van der Waals surface area contributed by atoms with Gasteiger partial charge in [0.2, 0.25) is 0 Å². The zero-order valence-electron chi connectivity index (χ0n) is 12.8. The quantitative estimate of drug-likeness (QED) is 0.850. The highest BCUT2D eigenvalue weighted by Gasteiger charge is 2.33. The van der Waals surface area contributed by atoms with Gasteiger partial charge in [0.15, 0.2) is 0 Å². The second-order valence-corrected chi connectivity index (χ2v) is 7.19. The van der Waals surface area contributed by atoms with E-state index in [9.17, 15) is 0 Å². The van der Waals surface area contributed by atoms with Crippen LogP contribution in [0.25, 0.3) is 0 Å². The standard InChI is InChI=1S/C17H25N3S/c1-14-11-19-9-3-2-6-16(19)12-20(14)13-17-15(5-4-8-18)7-10-21-17/h7,10,14,16H,2-3,6,8-9,11-13,18H2,1H3. The summed E-state index contributed by atoms with van der Waals surface area (Å²) >= 11 is 1.83. The monoisotopic (exact) mass is 303 g/mol. The molecule has 2 aliphatic heterocycles. The number of piperazine rings is 1. The van der Waals surface area contributed by atoms with Gasteiger partial charge >= 0.3 is 0 Å². The third kappa shape index (κ3) is 3.49. The molecule has 3 rings (SSSR count). The molecule has 0 aromatic carbocycles. The van der Waals surface area contributed by atoms with Crippen LogP contribution in [0.3, 0.4) is 0 Å². The summed E-state index contributed by atoms with van der Waals surface area (Å²) in [4.78, 5) is 6.74. The van der Waals surface area contributed by atoms with Crippen molar-refractivity contribution < 1.29 is 0 Å². The Balaban J connectivity index is 1.68. The minimum Gasteiger partial charge on any atom is -0.320 e. The Bertz CT molecular complexity index is 528. The Morgan fingerprint density at radius 3 is 3.14 bits per heavy atom. The molecule has 4 heteroatoms. The fourth-order valence-corrected chi connectivity index (χ4v) is 4.39. The van der Waals surface area contributed by atoms with E-state index in [1.54, 1.807) is 0 Å². The maximum atomic E-state index is 5.49. The van der Waals surface area contributed by atoms with Gasteiger partial charge in [-0.3, -0.25) is 9.80 Å². The molecule has 0 radical (unpaired) electrons. The number of fused-ring (bicyclic) bond motifs is 1. The van der Waals surface area contributed by atoms with E-state index in [0.29, 0.717) is 12.6 Å². The number of thiophene rings is 1. The molecule has 3 nitrogen and oxygen atoms in total. The zero-order valence-corrected chi connectivity index (χ0v) is 13.7. The highest BCUT2D eigenvalue weighted by atomic mass is 32.1. The van der Waals surface area contributed by atoms with E-state index < -0.39 is 0 Å². The van der Waals surface area contributed by atoms with Crippen LogP contribution in [0.1, 0.15) is 36.6 Å². The van der Waals surface area contributed by atoms with Crippen LogP contribution in [0.4, 0.5) is 0 Å². The first-order valence-corrected chi connectivity index (χ1v) is 8.89. The van der Waals surface area contributed by atoms with Crippen LogP contribution in [0.5, 0.6) is 0 Å². The molecule has 1 aromatic rings. The molecule has 1 aromatic heterocycles. The minimum absolute atomic E-state index is 0.437. The third-order valence-corrected chi connectivity index (χ3v) is 5.64. The van der Waals surface area contributed by atoms with E-state index >= 15 is 0 Å². The number of nitrogens with zero attached hydrogens (tertiary/aromatic N) is 2. The van der Waals surface area contributed by atoms with Crippen molar-refractivity contribution in [2.75, 3.05) is 26.2 Å². The SMILES string of the molecule is CC1CN2CCCCC2CN1Cc1sccc1C#CCN. The van der Waals surface area contributed by atoms with Crippen molar-refractivity contribution in [2.45, 2.75) is 44.8 Å². The van der Waals surface area contributed by atoms with Crippen LogP contribution >= 0.6 is 11.3 Å². The largest absolute Gasteiger partial charge is 0.320 e. The van der Waals surface area contributed by atoms with Crippen LogP contribution in [-0.2, 0) is 6.54 Å². The Morgan fingerprint density at radius 1 is 1.38 bits per heavy atom. The van der Waals surface area contributed by atoms with Crippen LogP contribution in [0.2, 0.25) is 0 Å². The third-order valence-electron chi connectivity index (χ3n) is 4.73. The summed E-state index contributed by atoms with van der Waals surface area (Å²) in [5.41, 5.74) is 6.66. The number of piperidine rings is 1. The van der Waals surface area contributed by atoms with E-state index in [1.165, 1.54) is 49.3 Å². The lowest BCUT2D eigenvalue weighted by Gasteiger charge is -2.47. The first-order chi connectivity index (χ1) is 10.3. The Hall–Kier alpha value is -0.860. The molecule has 0 bridgehead atoms. The lowest BCUT2D eigenvalue weighted by molar-refractivity contribution is 0.0115. The molecule has 0 saturated carbocycles. The van der Waals surface area contributed by atoms with E-state index in [0.717, 1.165) is 12.6 Å². The molecule has 3 heterocycles. The van der Waals surface area contributed by atoms with Crippen molar-refractivity contribution in [3.05, 3.63) is 21.9 Å². The van der Waals surface area contributed by atoms with Crippen molar-refractivity contribution >= 4 is 11.3 Å². The van der Waals surface area contributed by atoms with Gasteiger partial charge in [-0.15, -0.1) is 11.3 Å². The summed E-state index contributed by atoms with van der Waals surface area (Å²) in [7, 11) is 0. The molecule has 2 N–H and O–H groups in total. The average Bonchev–Trinajstić information content (AvgIpc) is 2.93. The lowest BCUT2D eigenvalue weighted by Crippen LogP contribution is -2.58. The van der Waals surface area contributed by atoms with Crippen molar-refractivity contribution in [1.82, 2.24) is 9.80 Å².